The number of amides is 2. The molecule has 37 heavy (non-hydrogen) atoms. The first kappa shape index (κ1) is 25.5. The molecule has 4 heterocycles. The van der Waals surface area contributed by atoms with Gasteiger partial charge in [-0.3, -0.25) is 10.2 Å². The molecule has 6 N–H and O–H groups in total. The fraction of sp³-hybridized carbons (Fsp3) is 0.542. The lowest BCUT2D eigenvalue weighted by atomic mass is 10.0. The normalized spacial score (nSPS) is 22.8. The summed E-state index contributed by atoms with van der Waals surface area (Å²) in [4.78, 5) is 39.2. The molecule has 13 heteroatoms. The maximum atomic E-state index is 12.5. The molecule has 2 aromatic rings. The summed E-state index contributed by atoms with van der Waals surface area (Å²) in [6.07, 6.45) is 3.87. The third kappa shape index (κ3) is 6.59. The Balaban J connectivity index is 1.08. The van der Waals surface area contributed by atoms with E-state index < -0.39 is 0 Å². The smallest absolute Gasteiger partial charge is 0.315 e. The van der Waals surface area contributed by atoms with Crippen LogP contribution in [-0.2, 0) is 16.0 Å². The van der Waals surface area contributed by atoms with Gasteiger partial charge in [-0.05, 0) is 30.5 Å². The third-order valence-corrected chi connectivity index (χ3v) is 8.30. The number of morpholine rings is 1. The van der Waals surface area contributed by atoms with Crippen LogP contribution in [0.15, 0.2) is 24.3 Å². The minimum absolute atomic E-state index is 0.0555. The summed E-state index contributed by atoms with van der Waals surface area (Å²) < 4.78 is 5.40. The Morgan fingerprint density at radius 2 is 1.89 bits per heavy atom. The largest absolute Gasteiger partial charge is 0.378 e. The summed E-state index contributed by atoms with van der Waals surface area (Å²) in [5.74, 6) is 7.94. The van der Waals surface area contributed by atoms with Gasteiger partial charge in [-0.25, -0.2) is 10.6 Å². The van der Waals surface area contributed by atoms with E-state index in [2.05, 4.69) is 36.3 Å². The van der Waals surface area contributed by atoms with Crippen molar-refractivity contribution in [1.82, 2.24) is 25.6 Å². The van der Waals surface area contributed by atoms with Crippen LogP contribution in [0.4, 0.5) is 28.3 Å². The van der Waals surface area contributed by atoms with Crippen LogP contribution >= 0.6 is 11.8 Å². The van der Waals surface area contributed by atoms with Gasteiger partial charge < -0.3 is 25.6 Å². The Morgan fingerprint density at radius 1 is 1.11 bits per heavy atom. The molecule has 0 saturated carbocycles. The van der Waals surface area contributed by atoms with Gasteiger partial charge in [-0.2, -0.15) is 26.7 Å². The predicted octanol–water partition coefficient (Wildman–Crippen LogP) is 1.57. The van der Waals surface area contributed by atoms with Crippen LogP contribution in [-0.4, -0.2) is 76.2 Å². The first-order chi connectivity index (χ1) is 18.1. The van der Waals surface area contributed by atoms with Crippen molar-refractivity contribution in [3.8, 4) is 0 Å². The van der Waals surface area contributed by atoms with Crippen LogP contribution in [0.1, 0.15) is 31.2 Å². The van der Waals surface area contributed by atoms with Crippen molar-refractivity contribution in [3.63, 3.8) is 0 Å². The number of benzene rings is 1. The molecule has 0 radical (unpaired) electrons. The summed E-state index contributed by atoms with van der Waals surface area (Å²) in [6.45, 7) is 2.65. The molecule has 198 valence electrons. The molecule has 0 spiro atoms. The number of urea groups is 1. The second-order valence-corrected chi connectivity index (χ2v) is 10.7. The van der Waals surface area contributed by atoms with E-state index in [1.807, 2.05) is 40.9 Å². The highest BCUT2D eigenvalue weighted by Crippen LogP contribution is 2.33. The number of nitrogens with two attached hydrogens (primary N) is 1. The number of aromatic nitrogens is 3. The topological polar surface area (TPSA) is 159 Å². The van der Waals surface area contributed by atoms with Gasteiger partial charge in [-0.15, -0.1) is 0 Å². The van der Waals surface area contributed by atoms with Crippen molar-refractivity contribution in [2.75, 3.05) is 47.7 Å². The molecule has 1 aromatic heterocycles. The van der Waals surface area contributed by atoms with Gasteiger partial charge in [0.1, 0.15) is 5.78 Å². The zero-order valence-corrected chi connectivity index (χ0v) is 21.4. The monoisotopic (exact) mass is 527 g/mol. The van der Waals surface area contributed by atoms with Gasteiger partial charge in [0.05, 0.1) is 25.3 Å². The maximum absolute atomic E-state index is 12.5. The summed E-state index contributed by atoms with van der Waals surface area (Å²) in [5, 5.41) is 9.62. The van der Waals surface area contributed by atoms with Crippen LogP contribution < -0.4 is 32.1 Å². The Kier molecular flexibility index (Phi) is 8.21. The highest BCUT2D eigenvalue weighted by Gasteiger charge is 2.42. The van der Waals surface area contributed by atoms with Crippen LogP contribution in [0.25, 0.3) is 0 Å². The van der Waals surface area contributed by atoms with E-state index in [9.17, 15) is 9.59 Å². The van der Waals surface area contributed by atoms with Crippen molar-refractivity contribution in [2.24, 2.45) is 5.84 Å². The second-order valence-electron chi connectivity index (χ2n) is 9.43. The quantitative estimate of drug-likeness (QED) is 0.125. The average molecular weight is 528 g/mol. The predicted molar refractivity (Wildman–Crippen MR) is 143 cm³/mol. The number of fused-ring (bicyclic) bond motifs is 1. The lowest BCUT2D eigenvalue weighted by molar-refractivity contribution is -0.118. The van der Waals surface area contributed by atoms with Gasteiger partial charge in [-0.1, -0.05) is 18.6 Å². The summed E-state index contributed by atoms with van der Waals surface area (Å²) in [7, 11) is 0. The minimum Gasteiger partial charge on any atom is -0.378 e. The van der Waals surface area contributed by atoms with Crippen molar-refractivity contribution < 1.29 is 14.3 Å². The van der Waals surface area contributed by atoms with Crippen molar-refractivity contribution in [2.45, 2.75) is 49.4 Å². The number of ether oxygens (including phenoxy) is 1. The number of anilines is 4. The second kappa shape index (κ2) is 11.9. The molecular formula is C24H33N9O3S. The number of hydrogen-bond acceptors (Lipinski definition) is 11. The van der Waals surface area contributed by atoms with E-state index >= 15 is 0 Å². The number of carbonyl (C=O) groups excluding carboxylic acids is 2. The maximum Gasteiger partial charge on any atom is 0.315 e. The molecule has 3 atom stereocenters. The number of unbranched alkanes of at least 4 members (excludes halogenated alkanes) is 1. The van der Waals surface area contributed by atoms with Crippen LogP contribution in [0.5, 0.6) is 0 Å². The molecule has 3 aliphatic rings. The number of nitrogens with one attached hydrogen (secondary N) is 4. The van der Waals surface area contributed by atoms with E-state index in [-0.39, 0.29) is 29.8 Å². The number of hydrogen-bond donors (Lipinski definition) is 5. The fourth-order valence-corrected chi connectivity index (χ4v) is 6.40. The minimum atomic E-state index is -0.0555. The number of Topliss-reactive ketones (excluding diaryl/α,β-unsaturated/α-hetero) is 1. The van der Waals surface area contributed by atoms with E-state index in [0.717, 1.165) is 36.3 Å². The van der Waals surface area contributed by atoms with Gasteiger partial charge in [0.25, 0.3) is 0 Å². The van der Waals surface area contributed by atoms with Gasteiger partial charge in [0, 0.05) is 42.6 Å². The van der Waals surface area contributed by atoms with E-state index in [1.54, 1.807) is 0 Å². The number of nitrogen functional groups attached to an aromatic ring is 1. The first-order valence-corrected chi connectivity index (χ1v) is 13.7. The fourth-order valence-electron chi connectivity index (χ4n) is 4.85. The molecule has 12 nitrogen and oxygen atoms in total. The number of hydrazine groups is 1. The van der Waals surface area contributed by atoms with Crippen LogP contribution in [0, 0.1) is 0 Å². The molecule has 3 aliphatic heterocycles. The molecule has 0 aliphatic carbocycles. The van der Waals surface area contributed by atoms with E-state index in [1.165, 1.54) is 0 Å². The molecule has 2 amide bonds. The molecule has 3 saturated heterocycles. The highest BCUT2D eigenvalue weighted by molar-refractivity contribution is 8.00. The number of rotatable bonds is 11. The lowest BCUT2D eigenvalue weighted by Gasteiger charge is -2.27. The summed E-state index contributed by atoms with van der Waals surface area (Å²) in [6, 6.07) is 8.12. The third-order valence-electron chi connectivity index (χ3n) is 6.79. The number of ketones is 1. The van der Waals surface area contributed by atoms with E-state index in [0.29, 0.717) is 56.3 Å². The Labute approximate surface area is 219 Å². The standard InChI is InChI=1S/C24H33N9O3S/c25-32-22-29-21(30-23(31-22)33-9-11-36-12-10-33)26-16-7-5-15(6-8-16)13-17(34)3-1-2-4-19-20-18(14-37-19)27-24(35)28-20/h5-8,18-20H,1-4,9-14,25H2,(H2,27,28,35)(H2,26,29,30,31,32)/t18-,19-,20-/m0/s1. The van der Waals surface area contributed by atoms with Crippen LogP contribution in [0.3, 0.4) is 0 Å². The Bertz CT molecular complexity index is 1100. The molecule has 0 bridgehead atoms. The van der Waals surface area contributed by atoms with Crippen molar-refractivity contribution in [1.29, 1.82) is 0 Å². The summed E-state index contributed by atoms with van der Waals surface area (Å²) in [5.41, 5.74) is 4.27. The van der Waals surface area contributed by atoms with Gasteiger partial charge >= 0.3 is 6.03 Å². The Hall–Kier alpha value is -3.16. The van der Waals surface area contributed by atoms with Crippen molar-refractivity contribution in [3.05, 3.63) is 29.8 Å². The SMILES string of the molecule is NNc1nc(Nc2ccc(CC(=O)CCCC[C@@H]3SC[C@@H]4NC(=O)N[C@@H]43)cc2)nc(N2CCOCC2)n1. The van der Waals surface area contributed by atoms with Crippen LogP contribution in [0.2, 0.25) is 0 Å². The molecule has 3 fully saturated rings. The highest BCUT2D eigenvalue weighted by atomic mass is 32.2. The van der Waals surface area contributed by atoms with Crippen molar-refractivity contribution >= 4 is 47.1 Å². The molecule has 1 aromatic carbocycles. The van der Waals surface area contributed by atoms with Gasteiger partial charge in [0.15, 0.2) is 0 Å². The lowest BCUT2D eigenvalue weighted by Crippen LogP contribution is -2.37. The van der Waals surface area contributed by atoms with Gasteiger partial charge in [0.2, 0.25) is 17.8 Å². The molecular weight excluding hydrogens is 494 g/mol. The van der Waals surface area contributed by atoms with E-state index in [4.69, 9.17) is 10.6 Å². The zero-order valence-electron chi connectivity index (χ0n) is 20.6. The average Bonchev–Trinajstić information content (AvgIpc) is 3.47. The number of carbonyl (C=O) groups is 2. The first-order valence-electron chi connectivity index (χ1n) is 12.7. The number of thioether (sulfide) groups is 1. The molecule has 5 rings (SSSR count). The number of nitrogens with zero attached hydrogens (tertiary/aromatic N) is 4. The zero-order chi connectivity index (χ0) is 25.6. The Morgan fingerprint density at radius 3 is 2.68 bits per heavy atom. The molecule has 0 unspecified atom stereocenters. The summed E-state index contributed by atoms with van der Waals surface area (Å²) >= 11 is 1.91.